The zero-order valence-electron chi connectivity index (χ0n) is 8.42. The number of benzene rings is 1. The highest BCUT2D eigenvalue weighted by Crippen LogP contribution is 2.29. The van der Waals surface area contributed by atoms with Gasteiger partial charge in [-0.15, -0.1) is 0 Å². The van der Waals surface area contributed by atoms with E-state index in [9.17, 15) is 17.2 Å². The van der Waals surface area contributed by atoms with Crippen LogP contribution in [0.15, 0.2) is 16.6 Å². The number of ether oxygens (including phenoxy) is 1. The van der Waals surface area contributed by atoms with Crippen molar-refractivity contribution in [3.63, 3.8) is 0 Å². The maximum absolute atomic E-state index is 13.2. The van der Waals surface area contributed by atoms with Crippen molar-refractivity contribution in [3.05, 3.63) is 28.2 Å². The van der Waals surface area contributed by atoms with Gasteiger partial charge in [0.15, 0.2) is 11.6 Å². The summed E-state index contributed by atoms with van der Waals surface area (Å²) in [6, 6.07) is 1.73. The molecular weight excluding hydrogens is 342 g/mol. The monoisotopic (exact) mass is 348 g/mol. The molecule has 0 heterocycles. The Balaban J connectivity index is 2.58. The predicted molar refractivity (Wildman–Crippen MR) is 63.8 cm³/mol. The SMILES string of the molecule is O=S(=O)(Cl)CCCOc1c(F)cc(F)cc1Br. The number of hydrogen-bond donors (Lipinski definition) is 0. The number of rotatable bonds is 5. The highest BCUT2D eigenvalue weighted by molar-refractivity contribution is 9.10. The zero-order chi connectivity index (χ0) is 13.1. The fraction of sp³-hybridized carbons (Fsp3) is 0.333. The summed E-state index contributed by atoms with van der Waals surface area (Å²) in [7, 11) is 1.40. The van der Waals surface area contributed by atoms with Gasteiger partial charge in [0.25, 0.3) is 0 Å². The van der Waals surface area contributed by atoms with Gasteiger partial charge in [0.2, 0.25) is 9.05 Å². The Labute approximate surface area is 110 Å². The molecule has 0 amide bonds. The van der Waals surface area contributed by atoms with Crippen molar-refractivity contribution >= 4 is 35.7 Å². The number of halogens is 4. The molecular formula is C9H8BrClF2O3S. The molecule has 0 unspecified atom stereocenters. The summed E-state index contributed by atoms with van der Waals surface area (Å²) in [6.07, 6.45) is 0.120. The topological polar surface area (TPSA) is 43.4 Å². The molecule has 1 rings (SSSR count). The quantitative estimate of drug-likeness (QED) is 0.606. The van der Waals surface area contributed by atoms with Crippen molar-refractivity contribution in [1.29, 1.82) is 0 Å². The summed E-state index contributed by atoms with van der Waals surface area (Å²) >= 11 is 2.94. The van der Waals surface area contributed by atoms with Crippen molar-refractivity contribution < 1.29 is 21.9 Å². The zero-order valence-corrected chi connectivity index (χ0v) is 11.6. The fourth-order valence-corrected chi connectivity index (χ4v) is 2.38. The molecule has 0 aromatic heterocycles. The van der Waals surface area contributed by atoms with Crippen LogP contribution in [0.5, 0.6) is 5.75 Å². The molecule has 17 heavy (non-hydrogen) atoms. The Morgan fingerprint density at radius 3 is 2.53 bits per heavy atom. The Morgan fingerprint density at radius 2 is 2.00 bits per heavy atom. The van der Waals surface area contributed by atoms with Crippen LogP contribution in [0.4, 0.5) is 8.78 Å². The molecule has 0 aliphatic heterocycles. The molecule has 96 valence electrons. The van der Waals surface area contributed by atoms with E-state index in [-0.39, 0.29) is 29.0 Å². The molecule has 3 nitrogen and oxygen atoms in total. The van der Waals surface area contributed by atoms with Crippen molar-refractivity contribution in [2.75, 3.05) is 12.4 Å². The van der Waals surface area contributed by atoms with Crippen LogP contribution in [-0.2, 0) is 9.05 Å². The summed E-state index contributed by atoms with van der Waals surface area (Å²) in [5.74, 6) is -2.01. The van der Waals surface area contributed by atoms with Crippen LogP contribution >= 0.6 is 26.6 Å². The summed E-state index contributed by atoms with van der Waals surface area (Å²) in [5.41, 5.74) is 0. The van der Waals surface area contributed by atoms with Crippen LogP contribution in [0.1, 0.15) is 6.42 Å². The minimum absolute atomic E-state index is 0.0346. The van der Waals surface area contributed by atoms with E-state index in [1.54, 1.807) is 0 Å². The second-order valence-corrected chi connectivity index (χ2v) is 6.89. The lowest BCUT2D eigenvalue weighted by Crippen LogP contribution is -2.06. The van der Waals surface area contributed by atoms with Crippen molar-refractivity contribution in [3.8, 4) is 5.75 Å². The van der Waals surface area contributed by atoms with Gasteiger partial charge in [-0.1, -0.05) is 0 Å². The first-order chi connectivity index (χ1) is 7.79. The Bertz CT molecular complexity index is 484. The summed E-state index contributed by atoms with van der Waals surface area (Å²) in [4.78, 5) is 0. The molecule has 0 saturated carbocycles. The summed E-state index contributed by atoms with van der Waals surface area (Å²) < 4.78 is 52.3. The molecule has 0 atom stereocenters. The van der Waals surface area contributed by atoms with Gasteiger partial charge in [0.1, 0.15) is 5.82 Å². The van der Waals surface area contributed by atoms with Crippen LogP contribution in [0.3, 0.4) is 0 Å². The van der Waals surface area contributed by atoms with E-state index in [0.29, 0.717) is 6.07 Å². The van der Waals surface area contributed by atoms with Crippen LogP contribution in [0.25, 0.3) is 0 Å². The third kappa shape index (κ3) is 5.18. The lowest BCUT2D eigenvalue weighted by Gasteiger charge is -2.08. The smallest absolute Gasteiger partial charge is 0.232 e. The van der Waals surface area contributed by atoms with Crippen molar-refractivity contribution in [1.82, 2.24) is 0 Å². The van der Waals surface area contributed by atoms with Crippen molar-refractivity contribution in [2.24, 2.45) is 0 Å². The van der Waals surface area contributed by atoms with Gasteiger partial charge in [-0.05, 0) is 28.4 Å². The molecule has 0 fully saturated rings. The fourth-order valence-electron chi connectivity index (χ4n) is 1.07. The van der Waals surface area contributed by atoms with Gasteiger partial charge < -0.3 is 4.74 Å². The minimum Gasteiger partial charge on any atom is -0.489 e. The third-order valence-corrected chi connectivity index (χ3v) is 3.57. The predicted octanol–water partition coefficient (Wildman–Crippen LogP) is 3.06. The van der Waals surface area contributed by atoms with Gasteiger partial charge in [0.05, 0.1) is 16.8 Å². The first kappa shape index (κ1) is 14.7. The molecule has 0 aliphatic carbocycles. The third-order valence-electron chi connectivity index (χ3n) is 1.74. The van der Waals surface area contributed by atoms with Gasteiger partial charge in [0, 0.05) is 16.7 Å². The molecule has 8 heteroatoms. The number of hydrogen-bond acceptors (Lipinski definition) is 3. The van der Waals surface area contributed by atoms with Gasteiger partial charge in [-0.25, -0.2) is 17.2 Å². The molecule has 0 N–H and O–H groups in total. The molecule has 1 aromatic carbocycles. The standard InChI is InChI=1S/C9H8BrClF2O3S/c10-7-4-6(12)5-8(13)9(7)16-2-1-3-17(11,14)15/h4-5H,1-3H2. The van der Waals surface area contributed by atoms with Crippen LogP contribution < -0.4 is 4.74 Å². The van der Waals surface area contributed by atoms with Gasteiger partial charge in [-0.2, -0.15) is 0 Å². The van der Waals surface area contributed by atoms with Crippen LogP contribution in [0, 0.1) is 11.6 Å². The highest BCUT2D eigenvalue weighted by atomic mass is 79.9. The van der Waals surface area contributed by atoms with E-state index in [2.05, 4.69) is 15.9 Å². The normalized spacial score (nSPS) is 11.5. The molecule has 0 bridgehead atoms. The van der Waals surface area contributed by atoms with E-state index in [1.807, 2.05) is 0 Å². The average Bonchev–Trinajstić information content (AvgIpc) is 2.13. The maximum atomic E-state index is 13.2. The Hall–Kier alpha value is -0.400. The summed E-state index contributed by atoms with van der Waals surface area (Å²) in [6.45, 7) is -0.0346. The van der Waals surface area contributed by atoms with Crippen molar-refractivity contribution in [2.45, 2.75) is 6.42 Å². The molecule has 0 aliphatic rings. The van der Waals surface area contributed by atoms with Gasteiger partial charge in [-0.3, -0.25) is 0 Å². The van der Waals surface area contributed by atoms with E-state index in [4.69, 9.17) is 15.4 Å². The largest absolute Gasteiger partial charge is 0.489 e. The second kappa shape index (κ2) is 5.97. The lowest BCUT2D eigenvalue weighted by atomic mass is 10.3. The molecule has 0 spiro atoms. The average molecular weight is 350 g/mol. The van der Waals surface area contributed by atoms with Crippen LogP contribution in [-0.4, -0.2) is 20.8 Å². The lowest BCUT2D eigenvalue weighted by molar-refractivity contribution is 0.298. The Kier molecular flexibility index (Phi) is 5.15. The molecule has 0 saturated heterocycles. The van der Waals surface area contributed by atoms with E-state index >= 15 is 0 Å². The van der Waals surface area contributed by atoms with Gasteiger partial charge >= 0.3 is 0 Å². The highest BCUT2D eigenvalue weighted by Gasteiger charge is 2.11. The Morgan fingerprint density at radius 1 is 1.35 bits per heavy atom. The van der Waals surface area contributed by atoms with Crippen LogP contribution in [0.2, 0.25) is 0 Å². The second-order valence-electron chi connectivity index (χ2n) is 3.14. The molecule has 0 radical (unpaired) electrons. The van der Waals surface area contributed by atoms with E-state index in [0.717, 1.165) is 6.07 Å². The first-order valence-electron chi connectivity index (χ1n) is 4.49. The van der Waals surface area contributed by atoms with E-state index < -0.39 is 20.7 Å². The van der Waals surface area contributed by atoms with E-state index in [1.165, 1.54) is 0 Å². The first-order valence-corrected chi connectivity index (χ1v) is 7.76. The minimum atomic E-state index is -3.58. The molecule has 1 aromatic rings. The maximum Gasteiger partial charge on any atom is 0.232 e. The summed E-state index contributed by atoms with van der Waals surface area (Å²) in [5, 5.41) is 0.